The van der Waals surface area contributed by atoms with Crippen LogP contribution in [0.5, 0.6) is 0 Å². The summed E-state index contributed by atoms with van der Waals surface area (Å²) in [6.07, 6.45) is -0.826. The number of aliphatic hydroxyl groups excluding tert-OH is 5. The monoisotopic (exact) mass is 642 g/mol. The topological polar surface area (TPSA) is 186 Å². The van der Waals surface area contributed by atoms with Crippen molar-refractivity contribution in [1.82, 2.24) is 5.32 Å². The minimum atomic E-state index is -1.80. The molecule has 0 spiro atoms. The zero-order chi connectivity index (χ0) is 34.5. The number of ether oxygens (including phenoxy) is 2. The normalized spacial score (nSPS) is 36.3. The van der Waals surface area contributed by atoms with Crippen molar-refractivity contribution in [2.45, 2.75) is 138 Å². The minimum absolute atomic E-state index is 0. The first-order valence-corrected chi connectivity index (χ1v) is 15.9. The van der Waals surface area contributed by atoms with Crippen LogP contribution in [-0.4, -0.2) is 112 Å². The Morgan fingerprint density at radius 2 is 1.41 bits per heavy atom. The molecule has 2 aliphatic heterocycles. The lowest BCUT2D eigenvalue weighted by molar-refractivity contribution is -0.172. The first-order chi connectivity index (χ1) is 20.0. The molecule has 0 aromatic carbocycles. The summed E-state index contributed by atoms with van der Waals surface area (Å²) in [6.45, 7) is 19.3. The van der Waals surface area contributed by atoms with Gasteiger partial charge < -0.3 is 45.4 Å². The van der Waals surface area contributed by atoms with Crippen LogP contribution >= 0.6 is 0 Å². The molecule has 44 heavy (non-hydrogen) atoms. The highest BCUT2D eigenvalue weighted by Gasteiger charge is 2.41. The van der Waals surface area contributed by atoms with E-state index in [2.05, 4.69) is 19.2 Å². The molecule has 2 fully saturated rings. The fraction of sp³-hybridized carbons (Fsp3) is 0.939. The number of aliphatic hydroxyl groups is 6. The molecule has 0 aromatic rings. The van der Waals surface area contributed by atoms with Gasteiger partial charge in [-0.05, 0) is 71.9 Å². The minimum Gasteiger partial charge on any atom is -0.462 e. The van der Waals surface area contributed by atoms with E-state index in [9.17, 15) is 35.1 Å². The third-order valence-corrected chi connectivity index (χ3v) is 7.81. The van der Waals surface area contributed by atoms with E-state index < -0.39 is 54.2 Å². The summed E-state index contributed by atoms with van der Waals surface area (Å²) in [7, 11) is 2.96. The molecule has 0 saturated carbocycles. The molecular weight excluding hydrogens is 570 g/mol. The van der Waals surface area contributed by atoms with Gasteiger partial charge in [-0.2, -0.15) is 0 Å². The van der Waals surface area contributed by atoms with Crippen LogP contribution < -0.4 is 5.32 Å². The lowest BCUT2D eigenvalue weighted by Gasteiger charge is -2.34. The maximum absolute atomic E-state index is 12.5. The molecule has 2 heterocycles. The van der Waals surface area contributed by atoms with Crippen LogP contribution in [0.4, 0.5) is 0 Å². The van der Waals surface area contributed by atoms with E-state index in [0.29, 0.717) is 5.92 Å². The van der Waals surface area contributed by atoms with E-state index in [1.807, 2.05) is 27.8 Å². The van der Waals surface area contributed by atoms with Crippen molar-refractivity contribution in [2.24, 2.45) is 29.6 Å². The molecule has 0 radical (unpaired) electrons. The third kappa shape index (κ3) is 18.7. The standard InChI is InChI=1S/C18H32O7.C7H14O2.C4H11N.C2H6.CH4O.CH4/c1-9-6-13(19)7-10(2)15(21)12(4)17(23)25-8-18(5,24)16(22)11(3)14(9)20;1-5-3-4-9-6(2)7(5)8;1-3-4-5-2;2*1-2;/h9-13,15-16,19,21-22,24H,6-8H2,1-5H3;5-8H,3-4H2,1-2H3;5H,3-4H2,1-2H3;1-2H3;2H,1H3;1H4/t9-,10-,11?,12?,13?,15+,16?,18-;;;;;/m1...../s1. The predicted octanol–water partition coefficient (Wildman–Crippen LogP) is 2.95. The van der Waals surface area contributed by atoms with Crippen LogP contribution in [0, 0.1) is 29.6 Å². The molecule has 11 atom stereocenters. The molecule has 7 N–H and O–H groups in total. The van der Waals surface area contributed by atoms with E-state index in [0.717, 1.165) is 26.7 Å². The number of cyclic esters (lactones) is 1. The van der Waals surface area contributed by atoms with Gasteiger partial charge in [0.05, 0.1) is 36.4 Å². The van der Waals surface area contributed by atoms with Gasteiger partial charge in [-0.15, -0.1) is 0 Å². The summed E-state index contributed by atoms with van der Waals surface area (Å²) < 4.78 is 10.3. The number of carbonyl (C=O) groups is 2. The zero-order valence-corrected chi connectivity index (χ0v) is 29.0. The Bertz CT molecular complexity index is 696. The Kier molecular flexibility index (Phi) is 30.5. The zero-order valence-electron chi connectivity index (χ0n) is 29.0. The number of ketones is 1. The largest absolute Gasteiger partial charge is 0.462 e. The van der Waals surface area contributed by atoms with Crippen LogP contribution in [-0.2, 0) is 19.1 Å². The van der Waals surface area contributed by atoms with Gasteiger partial charge in [0.15, 0.2) is 0 Å². The third-order valence-electron chi connectivity index (χ3n) is 7.81. The molecule has 0 amide bonds. The Morgan fingerprint density at radius 1 is 0.886 bits per heavy atom. The van der Waals surface area contributed by atoms with Gasteiger partial charge in [-0.3, -0.25) is 9.59 Å². The highest BCUT2D eigenvalue weighted by molar-refractivity contribution is 5.83. The van der Waals surface area contributed by atoms with Gasteiger partial charge in [-0.1, -0.05) is 55.9 Å². The molecule has 11 nitrogen and oxygen atoms in total. The molecule has 2 saturated heterocycles. The fourth-order valence-corrected chi connectivity index (χ4v) is 4.82. The summed E-state index contributed by atoms with van der Waals surface area (Å²) in [6, 6.07) is 0. The van der Waals surface area contributed by atoms with Crippen LogP contribution in [0.1, 0.15) is 102 Å². The molecule has 11 heteroatoms. The molecule has 268 valence electrons. The summed E-state index contributed by atoms with van der Waals surface area (Å²) in [5, 5.41) is 60.6. The second kappa shape index (κ2) is 27.0. The average Bonchev–Trinajstić information content (AvgIpc) is 2.99. The maximum Gasteiger partial charge on any atom is 0.311 e. The van der Waals surface area contributed by atoms with Crippen LogP contribution in [0.2, 0.25) is 0 Å². The van der Waals surface area contributed by atoms with E-state index in [1.54, 1.807) is 13.8 Å². The van der Waals surface area contributed by atoms with Crippen molar-refractivity contribution in [3.8, 4) is 0 Å². The van der Waals surface area contributed by atoms with E-state index in [4.69, 9.17) is 14.6 Å². The van der Waals surface area contributed by atoms with Crippen molar-refractivity contribution in [2.75, 3.05) is 33.9 Å². The lowest BCUT2D eigenvalue weighted by atomic mass is 9.80. The summed E-state index contributed by atoms with van der Waals surface area (Å²) in [4.78, 5) is 24.6. The van der Waals surface area contributed by atoms with Crippen molar-refractivity contribution >= 4 is 11.8 Å². The number of Topliss-reactive ketones (excluding diaryl/α,β-unsaturated/α-hetero) is 1. The molecule has 2 rings (SSSR count). The van der Waals surface area contributed by atoms with E-state index in [1.165, 1.54) is 27.2 Å². The molecule has 7 unspecified atom stereocenters. The second-order valence-electron chi connectivity index (χ2n) is 11.8. The number of esters is 1. The predicted molar refractivity (Wildman–Crippen MR) is 176 cm³/mol. The smallest absolute Gasteiger partial charge is 0.311 e. The quantitative estimate of drug-likeness (QED) is 0.220. The van der Waals surface area contributed by atoms with Gasteiger partial charge in [0.25, 0.3) is 0 Å². The maximum atomic E-state index is 12.5. The SMILES string of the molecule is C.CC.CC1C(=O)[C@H](C)CC(O)C[C@@H](C)[C@H](O)C(C)C(=O)OC[C@@](C)(O)C1O.CC1CCOC(C)C1O.CCCNC.CO. The van der Waals surface area contributed by atoms with Crippen LogP contribution in [0.3, 0.4) is 0 Å². The molecule has 0 aliphatic carbocycles. The average molecular weight is 642 g/mol. The van der Waals surface area contributed by atoms with Gasteiger partial charge in [0, 0.05) is 25.6 Å². The van der Waals surface area contributed by atoms with E-state index >= 15 is 0 Å². The Morgan fingerprint density at radius 3 is 1.82 bits per heavy atom. The van der Waals surface area contributed by atoms with E-state index in [-0.39, 0.29) is 44.2 Å². The summed E-state index contributed by atoms with van der Waals surface area (Å²) >= 11 is 0. The first-order valence-electron chi connectivity index (χ1n) is 15.9. The molecular formula is C33H71NO10. The number of hydrogen-bond acceptors (Lipinski definition) is 11. The van der Waals surface area contributed by atoms with Crippen molar-refractivity contribution in [3.05, 3.63) is 0 Å². The van der Waals surface area contributed by atoms with Gasteiger partial charge >= 0.3 is 5.97 Å². The fourth-order valence-electron chi connectivity index (χ4n) is 4.82. The van der Waals surface area contributed by atoms with Crippen LogP contribution in [0.25, 0.3) is 0 Å². The second-order valence-corrected chi connectivity index (χ2v) is 11.8. The first kappa shape index (κ1) is 49.7. The summed E-state index contributed by atoms with van der Waals surface area (Å²) in [5.74, 6) is -3.17. The molecule has 0 aromatic heterocycles. The summed E-state index contributed by atoms with van der Waals surface area (Å²) in [5.41, 5.74) is -1.80. The number of nitrogens with one attached hydrogen (secondary N) is 1. The van der Waals surface area contributed by atoms with Gasteiger partial charge in [0.2, 0.25) is 0 Å². The molecule has 0 bridgehead atoms. The lowest BCUT2D eigenvalue weighted by Crippen LogP contribution is -2.51. The highest BCUT2D eigenvalue weighted by atomic mass is 16.5. The van der Waals surface area contributed by atoms with Crippen molar-refractivity contribution < 1.29 is 49.7 Å². The Labute approximate surface area is 268 Å². The van der Waals surface area contributed by atoms with Crippen LogP contribution in [0.15, 0.2) is 0 Å². The van der Waals surface area contributed by atoms with Gasteiger partial charge in [-0.25, -0.2) is 0 Å². The molecule has 2 aliphatic rings. The Balaban J connectivity index is -0.000000345. The number of hydrogen-bond donors (Lipinski definition) is 7. The Hall–Kier alpha value is -1.18. The highest BCUT2D eigenvalue weighted by Crippen LogP contribution is 2.27. The van der Waals surface area contributed by atoms with Gasteiger partial charge in [0.1, 0.15) is 18.0 Å². The van der Waals surface area contributed by atoms with Crippen molar-refractivity contribution in [3.63, 3.8) is 0 Å². The van der Waals surface area contributed by atoms with Crippen molar-refractivity contribution in [1.29, 1.82) is 0 Å². The number of rotatable bonds is 2. The number of carbonyl (C=O) groups excluding carboxylic acids is 2.